The number of benzene rings is 15. The second kappa shape index (κ2) is 19.7. The highest BCUT2D eigenvalue weighted by Crippen LogP contribution is 2.64. The summed E-state index contributed by atoms with van der Waals surface area (Å²) >= 11 is 0. The van der Waals surface area contributed by atoms with Crippen molar-refractivity contribution in [2.24, 2.45) is 0 Å². The van der Waals surface area contributed by atoms with Crippen molar-refractivity contribution in [2.75, 3.05) is 9.80 Å². The Hall–Kier alpha value is -12.6. The SMILES string of the molecule is c1ccc(-c2ccc(N3c4cc(-n5c6ccccc6c6ccccc65)cc5c4B(c4ccc(-n6c7ccccc7c7ccccc76)cc4N5c4ccc5c(c4)C4(c6ccccc6-c6ccccc64)c4ccccc4-5)c4ccc5c(c43)c3ccccc3n5-c3ccccc3)cc2)cc1. The summed E-state index contributed by atoms with van der Waals surface area (Å²) in [6.45, 7) is -0.215. The molecule has 18 aromatic rings. The number of anilines is 6. The van der Waals surface area contributed by atoms with Crippen molar-refractivity contribution in [3.05, 3.63) is 362 Å². The van der Waals surface area contributed by atoms with Crippen molar-refractivity contribution in [2.45, 2.75) is 5.41 Å². The minimum Gasteiger partial charge on any atom is -0.311 e. The van der Waals surface area contributed by atoms with Crippen LogP contribution in [0.15, 0.2) is 340 Å². The van der Waals surface area contributed by atoms with Crippen LogP contribution in [0.25, 0.3) is 116 Å². The Kier molecular flexibility index (Phi) is 10.7. The third kappa shape index (κ3) is 7.02. The molecule has 0 bridgehead atoms. The van der Waals surface area contributed by atoms with Crippen LogP contribution in [0.5, 0.6) is 0 Å². The molecule has 5 heterocycles. The summed E-state index contributed by atoms with van der Waals surface area (Å²) in [5.74, 6) is 0. The number of para-hydroxylation sites is 6. The molecule has 5 nitrogen and oxygen atoms in total. The Balaban J connectivity index is 0.903. The van der Waals surface area contributed by atoms with E-state index in [1.165, 1.54) is 121 Å². The fourth-order valence-electron chi connectivity index (χ4n) is 18.2. The number of fused-ring (bicyclic) bond motifs is 24. The lowest BCUT2D eigenvalue weighted by atomic mass is 9.33. The van der Waals surface area contributed by atoms with Crippen LogP contribution in [-0.4, -0.2) is 20.4 Å². The van der Waals surface area contributed by atoms with Crippen LogP contribution < -0.4 is 26.2 Å². The van der Waals surface area contributed by atoms with Gasteiger partial charge in [0.2, 0.25) is 0 Å². The molecule has 2 aliphatic heterocycles. The molecule has 1 spiro atoms. The lowest BCUT2D eigenvalue weighted by Gasteiger charge is -2.45. The van der Waals surface area contributed by atoms with Crippen molar-refractivity contribution in [1.29, 1.82) is 0 Å². The fraction of sp³-hybridized carbons (Fsp3) is 0.0110. The molecule has 0 N–H and O–H groups in total. The molecule has 0 saturated heterocycles. The number of nitrogens with zero attached hydrogens (tertiary/aromatic N) is 5. The largest absolute Gasteiger partial charge is 0.311 e. The summed E-state index contributed by atoms with van der Waals surface area (Å²) < 4.78 is 7.51. The summed E-state index contributed by atoms with van der Waals surface area (Å²) in [6, 6.07) is 128. The summed E-state index contributed by atoms with van der Waals surface area (Å²) in [5, 5.41) is 7.32. The maximum atomic E-state index is 2.67. The van der Waals surface area contributed by atoms with Gasteiger partial charge in [-0.05, 0) is 169 Å². The molecule has 15 aromatic carbocycles. The Morgan fingerprint density at radius 1 is 0.237 bits per heavy atom. The van der Waals surface area contributed by atoms with Gasteiger partial charge in [0, 0.05) is 72.1 Å². The van der Waals surface area contributed by atoms with E-state index in [0.717, 1.165) is 67.6 Å². The van der Waals surface area contributed by atoms with E-state index in [-0.39, 0.29) is 6.71 Å². The first-order valence-corrected chi connectivity index (χ1v) is 33.8. The second-order valence-electron chi connectivity index (χ2n) is 26.6. The maximum absolute atomic E-state index is 2.67. The van der Waals surface area contributed by atoms with Gasteiger partial charge in [-0.15, -0.1) is 0 Å². The van der Waals surface area contributed by atoms with Gasteiger partial charge >= 0.3 is 0 Å². The van der Waals surface area contributed by atoms with Crippen LogP contribution in [0.2, 0.25) is 0 Å². The molecule has 3 aromatic heterocycles. The molecule has 0 saturated carbocycles. The molecule has 0 fully saturated rings. The van der Waals surface area contributed by atoms with Crippen LogP contribution in [0, 0.1) is 0 Å². The van der Waals surface area contributed by atoms with Gasteiger partial charge in [-0.2, -0.15) is 0 Å². The van der Waals surface area contributed by atoms with E-state index in [0.29, 0.717) is 0 Å². The zero-order chi connectivity index (χ0) is 63.2. The van der Waals surface area contributed by atoms with Crippen LogP contribution in [0.1, 0.15) is 22.3 Å². The second-order valence-corrected chi connectivity index (χ2v) is 26.6. The van der Waals surface area contributed by atoms with Crippen LogP contribution >= 0.6 is 0 Å². The molecule has 0 radical (unpaired) electrons. The lowest BCUT2D eigenvalue weighted by molar-refractivity contribution is 0.793. The summed E-state index contributed by atoms with van der Waals surface area (Å²) in [7, 11) is 0. The Bertz CT molecular complexity index is 6240. The Morgan fingerprint density at radius 2 is 0.649 bits per heavy atom. The summed E-state index contributed by atoms with van der Waals surface area (Å²) in [5.41, 5.74) is 32.9. The Morgan fingerprint density at radius 3 is 1.23 bits per heavy atom. The van der Waals surface area contributed by atoms with Crippen molar-refractivity contribution >= 4 is 123 Å². The van der Waals surface area contributed by atoms with E-state index >= 15 is 0 Å². The first-order chi connectivity index (χ1) is 48.2. The van der Waals surface area contributed by atoms with E-state index in [1.54, 1.807) is 0 Å². The van der Waals surface area contributed by atoms with E-state index < -0.39 is 5.41 Å². The van der Waals surface area contributed by atoms with Crippen LogP contribution in [0.3, 0.4) is 0 Å². The van der Waals surface area contributed by atoms with Gasteiger partial charge in [-0.1, -0.05) is 243 Å². The highest BCUT2D eigenvalue weighted by atomic mass is 15.2. The quantitative estimate of drug-likeness (QED) is 0.155. The van der Waals surface area contributed by atoms with Crippen molar-refractivity contribution in [1.82, 2.24) is 13.7 Å². The molecule has 4 aliphatic rings. The molecular formula is C91H56BN5. The van der Waals surface area contributed by atoms with Gasteiger partial charge in [0.25, 0.3) is 6.71 Å². The van der Waals surface area contributed by atoms with Crippen LogP contribution in [-0.2, 0) is 5.41 Å². The summed E-state index contributed by atoms with van der Waals surface area (Å²) in [4.78, 5) is 5.32. The zero-order valence-corrected chi connectivity index (χ0v) is 52.6. The first-order valence-electron chi connectivity index (χ1n) is 33.8. The average Bonchev–Trinajstić information content (AvgIpc) is 1.60. The van der Waals surface area contributed by atoms with E-state index in [2.05, 4.69) is 363 Å². The monoisotopic (exact) mass is 1230 g/mol. The van der Waals surface area contributed by atoms with Crippen molar-refractivity contribution < 1.29 is 0 Å². The fourth-order valence-corrected chi connectivity index (χ4v) is 18.2. The Labute approximate surface area is 560 Å². The number of hydrogen-bond acceptors (Lipinski definition) is 2. The summed E-state index contributed by atoms with van der Waals surface area (Å²) in [6.07, 6.45) is 0. The number of aromatic nitrogens is 3. The van der Waals surface area contributed by atoms with Gasteiger partial charge in [-0.25, -0.2) is 0 Å². The van der Waals surface area contributed by atoms with Gasteiger partial charge in [0.05, 0.1) is 49.9 Å². The van der Waals surface area contributed by atoms with Gasteiger partial charge in [0.1, 0.15) is 0 Å². The molecule has 0 amide bonds. The minimum absolute atomic E-state index is 0.215. The van der Waals surface area contributed by atoms with E-state index in [4.69, 9.17) is 0 Å². The van der Waals surface area contributed by atoms with Crippen molar-refractivity contribution in [3.63, 3.8) is 0 Å². The topological polar surface area (TPSA) is 21.3 Å². The van der Waals surface area contributed by atoms with Gasteiger partial charge in [0.15, 0.2) is 0 Å². The molecule has 448 valence electrons. The zero-order valence-electron chi connectivity index (χ0n) is 52.6. The minimum atomic E-state index is -0.572. The van der Waals surface area contributed by atoms with Gasteiger partial charge in [-0.3, -0.25) is 0 Å². The van der Waals surface area contributed by atoms with Gasteiger partial charge < -0.3 is 23.5 Å². The first kappa shape index (κ1) is 52.8. The predicted molar refractivity (Wildman–Crippen MR) is 405 cm³/mol. The third-order valence-corrected chi connectivity index (χ3v) is 22.0. The van der Waals surface area contributed by atoms with Crippen molar-refractivity contribution in [3.8, 4) is 50.4 Å². The molecule has 2 aliphatic carbocycles. The van der Waals surface area contributed by atoms with Crippen LogP contribution in [0.4, 0.5) is 34.1 Å². The smallest absolute Gasteiger partial charge is 0.252 e. The maximum Gasteiger partial charge on any atom is 0.252 e. The molecule has 0 atom stereocenters. The molecule has 6 heteroatoms. The average molecular weight is 1230 g/mol. The highest BCUT2D eigenvalue weighted by Gasteiger charge is 2.52. The van der Waals surface area contributed by atoms with E-state index in [1.807, 2.05) is 0 Å². The molecule has 22 rings (SSSR count). The molecular weight excluding hydrogens is 1170 g/mol. The lowest BCUT2D eigenvalue weighted by Crippen LogP contribution is -2.61. The standard InChI is InChI=1S/C91H56BN5/c1-3-23-57(24-4-1)58-43-45-60(46-44-58)97-87-56-63(96-81-40-20-12-32-70(81)71-33-13-21-41-82(71)96)55-86-89(87)92(78-51-52-84-88(90(78)97)72-34-14-22-42-83(72)93(84)59-25-5-2-6-26-59)77-50-48-62(94-79-38-18-10-30-68(79)69-31-11-19-39-80(69)94)54-85(77)95(86)61-47-49-67-66-29-9-17-37-75(66)91(76(67)53-61)73-35-15-7-27-64(73)65-28-8-16-36-74(65)91/h1-56H. The third-order valence-electron chi connectivity index (χ3n) is 22.0. The predicted octanol–water partition coefficient (Wildman–Crippen LogP) is 21.1. The number of rotatable bonds is 6. The molecule has 0 unspecified atom stereocenters. The number of hydrogen-bond donors (Lipinski definition) is 0. The van der Waals surface area contributed by atoms with E-state index in [9.17, 15) is 0 Å². The highest BCUT2D eigenvalue weighted by molar-refractivity contribution is 7.00. The normalized spacial score (nSPS) is 13.6. The molecule has 97 heavy (non-hydrogen) atoms.